The quantitative estimate of drug-likeness (QED) is 0.868. The summed E-state index contributed by atoms with van der Waals surface area (Å²) in [6.07, 6.45) is 0. The van der Waals surface area contributed by atoms with Gasteiger partial charge in [0.25, 0.3) is 0 Å². The van der Waals surface area contributed by atoms with Gasteiger partial charge in [-0.15, -0.1) is 0 Å². The maximum Gasteiger partial charge on any atom is 0.161 e. The molecule has 1 N–H and O–H groups in total. The second kappa shape index (κ2) is 6.29. The summed E-state index contributed by atoms with van der Waals surface area (Å²) in [5, 5.41) is 3.08. The van der Waals surface area contributed by atoms with Crippen LogP contribution in [-0.4, -0.2) is 14.2 Å². The highest BCUT2D eigenvalue weighted by Gasteiger charge is 2.09. The summed E-state index contributed by atoms with van der Waals surface area (Å²) in [4.78, 5) is 0. The zero-order valence-corrected chi connectivity index (χ0v) is 11.5. The van der Waals surface area contributed by atoms with Crippen molar-refractivity contribution in [3.8, 4) is 11.5 Å². The number of methoxy groups -OCH3 is 1. The molecule has 1 aromatic carbocycles. The van der Waals surface area contributed by atoms with Crippen LogP contribution in [0.2, 0.25) is 0 Å². The third-order valence-corrected chi connectivity index (χ3v) is 2.85. The number of nitrogens with one attached hydrogen (secondary N) is 1. The maximum absolute atomic E-state index is 5.72. The predicted molar refractivity (Wildman–Crippen MR) is 73.5 cm³/mol. The molecule has 1 heterocycles. The third-order valence-electron chi connectivity index (χ3n) is 2.85. The molecule has 4 nitrogen and oxygen atoms in total. The van der Waals surface area contributed by atoms with Gasteiger partial charge in [-0.05, 0) is 37.7 Å². The van der Waals surface area contributed by atoms with Gasteiger partial charge in [0, 0.05) is 0 Å². The predicted octanol–water partition coefficient (Wildman–Crippen LogP) is 2.90. The Bertz CT molecular complexity index is 534. The van der Waals surface area contributed by atoms with Gasteiger partial charge in [0.2, 0.25) is 0 Å². The highest BCUT2D eigenvalue weighted by atomic mass is 16.5. The molecule has 0 aliphatic heterocycles. The minimum atomic E-state index is 0.394. The third kappa shape index (κ3) is 3.29. The summed E-state index contributed by atoms with van der Waals surface area (Å²) >= 11 is 0. The molecule has 0 fully saturated rings. The lowest BCUT2D eigenvalue weighted by molar-refractivity contribution is 0.252. The summed E-state index contributed by atoms with van der Waals surface area (Å²) in [7, 11) is 3.53. The molecule has 0 atom stereocenters. The lowest BCUT2D eigenvalue weighted by Crippen LogP contribution is -2.04. The van der Waals surface area contributed by atoms with E-state index in [2.05, 4.69) is 5.32 Å². The number of hydrogen-bond donors (Lipinski definition) is 1. The van der Waals surface area contributed by atoms with Gasteiger partial charge >= 0.3 is 0 Å². The van der Waals surface area contributed by atoms with Crippen LogP contribution in [0, 0.1) is 6.92 Å². The molecule has 0 spiro atoms. The SMILES string of the molecule is CNCc1oc(COc2ccccc2OC)cc1C. The molecular weight excluding hydrogens is 242 g/mol. The smallest absolute Gasteiger partial charge is 0.161 e. The fourth-order valence-corrected chi connectivity index (χ4v) is 1.88. The summed E-state index contributed by atoms with van der Waals surface area (Å²) in [5.41, 5.74) is 1.13. The second-order valence-corrected chi connectivity index (χ2v) is 4.29. The molecule has 0 radical (unpaired) electrons. The Kier molecular flexibility index (Phi) is 4.47. The van der Waals surface area contributed by atoms with Crippen molar-refractivity contribution in [3.63, 3.8) is 0 Å². The van der Waals surface area contributed by atoms with Gasteiger partial charge in [0.05, 0.1) is 13.7 Å². The topological polar surface area (TPSA) is 43.6 Å². The molecule has 2 aromatic rings. The molecule has 0 saturated heterocycles. The molecule has 0 aliphatic rings. The van der Waals surface area contributed by atoms with E-state index in [4.69, 9.17) is 13.9 Å². The molecule has 0 amide bonds. The molecule has 0 unspecified atom stereocenters. The first-order valence-electron chi connectivity index (χ1n) is 6.23. The van der Waals surface area contributed by atoms with E-state index in [1.165, 1.54) is 0 Å². The number of rotatable bonds is 6. The van der Waals surface area contributed by atoms with Crippen molar-refractivity contribution >= 4 is 0 Å². The van der Waals surface area contributed by atoms with E-state index in [0.29, 0.717) is 12.4 Å². The first kappa shape index (κ1) is 13.5. The van der Waals surface area contributed by atoms with Crippen molar-refractivity contribution in [3.05, 3.63) is 47.4 Å². The van der Waals surface area contributed by atoms with Crippen LogP contribution in [0.5, 0.6) is 11.5 Å². The Morgan fingerprint density at radius 1 is 1.21 bits per heavy atom. The molecule has 0 saturated carbocycles. The standard InChI is InChI=1S/C15H19NO3/c1-11-8-12(19-15(11)9-16-2)10-18-14-7-5-4-6-13(14)17-3/h4-8,16H,9-10H2,1-3H3. The zero-order chi connectivity index (χ0) is 13.7. The average Bonchev–Trinajstić information content (AvgIpc) is 2.78. The molecular formula is C15H19NO3. The molecule has 19 heavy (non-hydrogen) atoms. The second-order valence-electron chi connectivity index (χ2n) is 4.29. The number of hydrogen-bond acceptors (Lipinski definition) is 4. The van der Waals surface area contributed by atoms with Crippen LogP contribution >= 0.6 is 0 Å². The van der Waals surface area contributed by atoms with E-state index >= 15 is 0 Å². The van der Waals surface area contributed by atoms with Crippen LogP contribution in [0.3, 0.4) is 0 Å². The summed E-state index contributed by atoms with van der Waals surface area (Å²) in [6, 6.07) is 9.58. The van der Waals surface area contributed by atoms with Gasteiger partial charge in [-0.25, -0.2) is 0 Å². The zero-order valence-electron chi connectivity index (χ0n) is 11.5. The van der Waals surface area contributed by atoms with Crippen molar-refractivity contribution < 1.29 is 13.9 Å². The summed E-state index contributed by atoms with van der Waals surface area (Å²) < 4.78 is 16.7. The van der Waals surface area contributed by atoms with Crippen molar-refractivity contribution in [2.45, 2.75) is 20.1 Å². The minimum Gasteiger partial charge on any atom is -0.493 e. The Morgan fingerprint density at radius 2 is 1.95 bits per heavy atom. The van der Waals surface area contributed by atoms with E-state index in [1.54, 1.807) is 7.11 Å². The maximum atomic E-state index is 5.72. The van der Waals surface area contributed by atoms with Crippen molar-refractivity contribution in [2.75, 3.05) is 14.2 Å². The highest BCUT2D eigenvalue weighted by molar-refractivity contribution is 5.39. The molecule has 2 rings (SSSR count). The number of ether oxygens (including phenoxy) is 2. The highest BCUT2D eigenvalue weighted by Crippen LogP contribution is 2.27. The normalized spacial score (nSPS) is 10.5. The first-order valence-corrected chi connectivity index (χ1v) is 6.23. The largest absolute Gasteiger partial charge is 0.493 e. The Labute approximate surface area is 113 Å². The molecule has 0 bridgehead atoms. The fraction of sp³-hybridized carbons (Fsp3) is 0.333. The Hall–Kier alpha value is -1.94. The van der Waals surface area contributed by atoms with Crippen LogP contribution < -0.4 is 14.8 Å². The van der Waals surface area contributed by atoms with E-state index < -0.39 is 0 Å². The minimum absolute atomic E-state index is 0.394. The average molecular weight is 261 g/mol. The van der Waals surface area contributed by atoms with Gasteiger partial charge in [0.1, 0.15) is 18.1 Å². The molecule has 4 heteroatoms. The lowest BCUT2D eigenvalue weighted by Gasteiger charge is -2.08. The fourth-order valence-electron chi connectivity index (χ4n) is 1.88. The Morgan fingerprint density at radius 3 is 2.63 bits per heavy atom. The van der Waals surface area contributed by atoms with Gasteiger partial charge in [-0.3, -0.25) is 0 Å². The van der Waals surface area contributed by atoms with Gasteiger partial charge in [0.15, 0.2) is 11.5 Å². The van der Waals surface area contributed by atoms with E-state index in [9.17, 15) is 0 Å². The number of furan rings is 1. The van der Waals surface area contributed by atoms with Gasteiger partial charge < -0.3 is 19.2 Å². The van der Waals surface area contributed by atoms with Crippen LogP contribution in [0.1, 0.15) is 17.1 Å². The van der Waals surface area contributed by atoms with E-state index in [1.807, 2.05) is 44.3 Å². The Balaban J connectivity index is 2.04. The monoisotopic (exact) mass is 261 g/mol. The van der Waals surface area contributed by atoms with Crippen molar-refractivity contribution in [1.82, 2.24) is 5.32 Å². The number of para-hydroxylation sites is 2. The van der Waals surface area contributed by atoms with Crippen molar-refractivity contribution in [2.24, 2.45) is 0 Å². The number of aryl methyl sites for hydroxylation is 1. The molecule has 102 valence electrons. The van der Waals surface area contributed by atoms with Gasteiger partial charge in [-0.2, -0.15) is 0 Å². The molecule has 0 aliphatic carbocycles. The van der Waals surface area contributed by atoms with Crippen LogP contribution in [0.15, 0.2) is 34.7 Å². The van der Waals surface area contributed by atoms with E-state index in [-0.39, 0.29) is 0 Å². The van der Waals surface area contributed by atoms with Crippen LogP contribution in [-0.2, 0) is 13.2 Å². The lowest BCUT2D eigenvalue weighted by atomic mass is 10.2. The summed E-state index contributed by atoms with van der Waals surface area (Å²) in [5.74, 6) is 3.20. The van der Waals surface area contributed by atoms with Crippen LogP contribution in [0.4, 0.5) is 0 Å². The first-order chi connectivity index (χ1) is 9.24. The van der Waals surface area contributed by atoms with E-state index in [0.717, 1.165) is 29.4 Å². The molecule has 1 aromatic heterocycles. The van der Waals surface area contributed by atoms with Crippen LogP contribution in [0.25, 0.3) is 0 Å². The summed E-state index contributed by atoms with van der Waals surface area (Å²) in [6.45, 7) is 3.15. The van der Waals surface area contributed by atoms with Crippen molar-refractivity contribution in [1.29, 1.82) is 0 Å². The van der Waals surface area contributed by atoms with Gasteiger partial charge in [-0.1, -0.05) is 12.1 Å². The number of benzene rings is 1.